The first-order valence-corrected chi connectivity index (χ1v) is 3.65. The fourth-order valence-corrected chi connectivity index (χ4v) is 1.65. The van der Waals surface area contributed by atoms with Gasteiger partial charge in [-0.15, -0.1) is 0 Å². The van der Waals surface area contributed by atoms with Crippen LogP contribution in [-0.4, -0.2) is 25.2 Å². The molecule has 1 saturated carbocycles. The number of rotatable bonds is 1. The third-order valence-electron chi connectivity index (χ3n) is 2.36. The summed E-state index contributed by atoms with van der Waals surface area (Å²) in [7, 11) is 1.44. The Labute approximate surface area is 59.7 Å². The van der Waals surface area contributed by atoms with E-state index in [0.29, 0.717) is 6.04 Å². The van der Waals surface area contributed by atoms with E-state index in [9.17, 15) is 4.79 Å². The number of esters is 1. The zero-order valence-electron chi connectivity index (χ0n) is 5.96. The number of ether oxygens (including phenoxy) is 1. The van der Waals surface area contributed by atoms with Crippen molar-refractivity contribution in [1.29, 1.82) is 0 Å². The Morgan fingerprint density at radius 3 is 2.90 bits per heavy atom. The lowest BCUT2D eigenvalue weighted by Crippen LogP contribution is -2.34. The van der Waals surface area contributed by atoms with Crippen LogP contribution in [0.1, 0.15) is 12.8 Å². The van der Waals surface area contributed by atoms with Crippen molar-refractivity contribution in [2.75, 3.05) is 7.11 Å². The SMILES string of the molecule is COC(=O)[C@H]1CC2CC2N1. The predicted octanol–water partition coefficient (Wildman–Crippen LogP) is -0.0902. The van der Waals surface area contributed by atoms with Crippen LogP contribution in [0.3, 0.4) is 0 Å². The van der Waals surface area contributed by atoms with Crippen LogP contribution in [0, 0.1) is 5.92 Å². The molecule has 2 rings (SSSR count). The summed E-state index contributed by atoms with van der Waals surface area (Å²) in [6, 6.07) is 0.623. The van der Waals surface area contributed by atoms with Crippen molar-refractivity contribution in [2.24, 2.45) is 5.92 Å². The van der Waals surface area contributed by atoms with E-state index in [4.69, 9.17) is 0 Å². The lowest BCUT2D eigenvalue weighted by atomic mass is 10.2. The molecule has 0 spiro atoms. The zero-order chi connectivity index (χ0) is 7.14. The molecule has 3 atom stereocenters. The van der Waals surface area contributed by atoms with E-state index in [2.05, 4.69) is 10.1 Å². The number of fused-ring (bicyclic) bond motifs is 1. The van der Waals surface area contributed by atoms with Gasteiger partial charge in [0.15, 0.2) is 0 Å². The molecule has 1 aliphatic heterocycles. The van der Waals surface area contributed by atoms with Crippen molar-refractivity contribution in [1.82, 2.24) is 5.32 Å². The second kappa shape index (κ2) is 1.95. The van der Waals surface area contributed by atoms with E-state index < -0.39 is 0 Å². The van der Waals surface area contributed by atoms with Crippen LogP contribution in [-0.2, 0) is 9.53 Å². The summed E-state index contributed by atoms with van der Waals surface area (Å²) in [5, 5.41) is 3.20. The van der Waals surface area contributed by atoms with Crippen LogP contribution >= 0.6 is 0 Å². The van der Waals surface area contributed by atoms with Gasteiger partial charge in [-0.25, -0.2) is 0 Å². The number of carbonyl (C=O) groups is 1. The smallest absolute Gasteiger partial charge is 0.322 e. The molecule has 10 heavy (non-hydrogen) atoms. The fraction of sp³-hybridized carbons (Fsp3) is 0.857. The van der Waals surface area contributed by atoms with Gasteiger partial charge in [0, 0.05) is 6.04 Å². The van der Waals surface area contributed by atoms with E-state index in [-0.39, 0.29) is 12.0 Å². The average Bonchev–Trinajstić information content (AvgIpc) is 2.57. The summed E-state index contributed by atoms with van der Waals surface area (Å²) < 4.78 is 4.60. The van der Waals surface area contributed by atoms with Crippen LogP contribution < -0.4 is 5.32 Å². The standard InChI is InChI=1S/C7H11NO2/c1-10-7(9)6-3-4-2-5(4)8-6/h4-6,8H,2-3H2,1H3/t4?,5?,6-/m1/s1. The molecule has 1 saturated heterocycles. The van der Waals surface area contributed by atoms with Crippen molar-refractivity contribution >= 4 is 5.97 Å². The molecule has 1 N–H and O–H groups in total. The van der Waals surface area contributed by atoms with Crippen LogP contribution in [0.25, 0.3) is 0 Å². The topological polar surface area (TPSA) is 38.3 Å². The van der Waals surface area contributed by atoms with Crippen molar-refractivity contribution in [3.05, 3.63) is 0 Å². The van der Waals surface area contributed by atoms with E-state index in [0.717, 1.165) is 12.3 Å². The van der Waals surface area contributed by atoms with Crippen molar-refractivity contribution in [3.8, 4) is 0 Å². The van der Waals surface area contributed by atoms with Gasteiger partial charge in [-0.3, -0.25) is 4.79 Å². The summed E-state index contributed by atoms with van der Waals surface area (Å²) in [5.74, 6) is 0.663. The Morgan fingerprint density at radius 1 is 1.60 bits per heavy atom. The quantitative estimate of drug-likeness (QED) is 0.519. The molecular formula is C7H11NO2. The molecule has 2 fully saturated rings. The van der Waals surface area contributed by atoms with Gasteiger partial charge in [0.05, 0.1) is 7.11 Å². The normalized spacial score (nSPS) is 42.7. The molecule has 1 aliphatic carbocycles. The van der Waals surface area contributed by atoms with Gasteiger partial charge < -0.3 is 10.1 Å². The Hall–Kier alpha value is -0.570. The largest absolute Gasteiger partial charge is 0.468 e. The number of piperidine rings is 1. The van der Waals surface area contributed by atoms with Crippen LogP contribution in [0.5, 0.6) is 0 Å². The maximum absolute atomic E-state index is 10.9. The summed E-state index contributed by atoms with van der Waals surface area (Å²) in [6.45, 7) is 0. The number of carbonyl (C=O) groups excluding carboxylic acids is 1. The molecule has 3 heteroatoms. The molecule has 0 aromatic carbocycles. The molecule has 1 heterocycles. The maximum Gasteiger partial charge on any atom is 0.322 e. The highest BCUT2D eigenvalue weighted by Crippen LogP contribution is 2.40. The van der Waals surface area contributed by atoms with E-state index in [1.807, 2.05) is 0 Å². The van der Waals surface area contributed by atoms with E-state index >= 15 is 0 Å². The highest BCUT2D eigenvalue weighted by molar-refractivity contribution is 5.76. The molecule has 0 amide bonds. The van der Waals surface area contributed by atoms with Crippen molar-refractivity contribution in [3.63, 3.8) is 0 Å². The number of hydrogen-bond donors (Lipinski definition) is 1. The van der Waals surface area contributed by atoms with Gasteiger partial charge in [0.2, 0.25) is 0 Å². The van der Waals surface area contributed by atoms with Gasteiger partial charge in [0.1, 0.15) is 6.04 Å². The molecular weight excluding hydrogens is 130 g/mol. The molecule has 2 unspecified atom stereocenters. The molecule has 0 bridgehead atoms. The Balaban J connectivity index is 1.90. The van der Waals surface area contributed by atoms with Gasteiger partial charge in [-0.2, -0.15) is 0 Å². The Bertz CT molecular complexity index is 159. The van der Waals surface area contributed by atoms with Gasteiger partial charge >= 0.3 is 5.97 Å². The Morgan fingerprint density at radius 2 is 2.40 bits per heavy atom. The predicted molar refractivity (Wildman–Crippen MR) is 35.5 cm³/mol. The second-order valence-corrected chi connectivity index (χ2v) is 3.08. The maximum atomic E-state index is 10.9. The third kappa shape index (κ3) is 0.814. The Kier molecular flexibility index (Phi) is 1.20. The monoisotopic (exact) mass is 141 g/mol. The van der Waals surface area contributed by atoms with Gasteiger partial charge in [0.25, 0.3) is 0 Å². The van der Waals surface area contributed by atoms with E-state index in [1.165, 1.54) is 13.5 Å². The zero-order valence-corrected chi connectivity index (χ0v) is 5.96. The summed E-state index contributed by atoms with van der Waals surface area (Å²) >= 11 is 0. The van der Waals surface area contributed by atoms with Crippen molar-refractivity contribution < 1.29 is 9.53 Å². The second-order valence-electron chi connectivity index (χ2n) is 3.08. The van der Waals surface area contributed by atoms with E-state index in [1.54, 1.807) is 0 Å². The molecule has 56 valence electrons. The number of methoxy groups -OCH3 is 1. The van der Waals surface area contributed by atoms with Crippen LogP contribution in [0.2, 0.25) is 0 Å². The van der Waals surface area contributed by atoms with Crippen LogP contribution in [0.4, 0.5) is 0 Å². The highest BCUT2D eigenvalue weighted by atomic mass is 16.5. The summed E-state index contributed by atoms with van der Waals surface area (Å²) in [5.41, 5.74) is 0. The lowest BCUT2D eigenvalue weighted by molar-refractivity contribution is -0.142. The molecule has 0 aromatic heterocycles. The molecule has 0 radical (unpaired) electrons. The van der Waals surface area contributed by atoms with Crippen molar-refractivity contribution in [2.45, 2.75) is 24.9 Å². The minimum atomic E-state index is -0.104. The first-order valence-electron chi connectivity index (χ1n) is 3.65. The first-order chi connectivity index (χ1) is 4.81. The lowest BCUT2D eigenvalue weighted by Gasteiger charge is -2.08. The molecule has 0 aromatic rings. The van der Waals surface area contributed by atoms with Crippen LogP contribution in [0.15, 0.2) is 0 Å². The first kappa shape index (κ1) is 6.16. The number of hydrogen-bond acceptors (Lipinski definition) is 3. The van der Waals surface area contributed by atoms with Gasteiger partial charge in [-0.05, 0) is 18.8 Å². The minimum Gasteiger partial charge on any atom is -0.468 e. The van der Waals surface area contributed by atoms with Gasteiger partial charge in [-0.1, -0.05) is 0 Å². The summed E-state index contributed by atoms with van der Waals surface area (Å²) in [4.78, 5) is 10.9. The fourth-order valence-electron chi connectivity index (χ4n) is 1.65. The minimum absolute atomic E-state index is 0.00579. The average molecular weight is 141 g/mol. The third-order valence-corrected chi connectivity index (χ3v) is 2.36. The summed E-state index contributed by atoms with van der Waals surface area (Å²) in [6.07, 6.45) is 2.24. The number of nitrogens with one attached hydrogen (secondary N) is 1. The molecule has 3 nitrogen and oxygen atoms in total. The molecule has 2 aliphatic rings. The highest BCUT2D eigenvalue weighted by Gasteiger charge is 2.48.